The van der Waals surface area contributed by atoms with Crippen LogP contribution in [0.3, 0.4) is 0 Å². The van der Waals surface area contributed by atoms with Crippen molar-refractivity contribution >= 4 is 0 Å². The zero-order chi connectivity index (χ0) is 15.5. The van der Waals surface area contributed by atoms with Crippen molar-refractivity contribution in [1.29, 1.82) is 0 Å². The first-order valence-corrected chi connectivity index (χ1v) is 9.28. The van der Waals surface area contributed by atoms with Gasteiger partial charge in [-0.3, -0.25) is 0 Å². The Labute approximate surface area is 133 Å². The van der Waals surface area contributed by atoms with Gasteiger partial charge in [0.2, 0.25) is 0 Å². The second kappa shape index (κ2) is 7.31. The SMILES string of the molecule is CC1CCC(C2CCC3CC(OC=C(F)F)CCC3C2)CC1. The molecule has 3 rings (SSSR count). The highest BCUT2D eigenvalue weighted by atomic mass is 19.3. The third kappa shape index (κ3) is 4.02. The first-order valence-electron chi connectivity index (χ1n) is 9.28. The van der Waals surface area contributed by atoms with Gasteiger partial charge in [-0.25, -0.2) is 0 Å². The molecule has 0 radical (unpaired) electrons. The van der Waals surface area contributed by atoms with Crippen LogP contribution >= 0.6 is 0 Å². The van der Waals surface area contributed by atoms with Gasteiger partial charge in [0.25, 0.3) is 0 Å². The molecule has 4 atom stereocenters. The largest absolute Gasteiger partial charge is 0.492 e. The summed E-state index contributed by atoms with van der Waals surface area (Å²) in [7, 11) is 0. The van der Waals surface area contributed by atoms with Gasteiger partial charge in [-0.1, -0.05) is 19.8 Å². The predicted octanol–water partition coefficient (Wildman–Crippen LogP) is 6.15. The van der Waals surface area contributed by atoms with E-state index in [1.807, 2.05) is 0 Å². The standard InChI is InChI=1S/C19H30F2O/c1-13-2-4-14(5-3-13)15-6-7-17-11-18(22-12-19(20)21)9-8-16(17)10-15/h12-18H,2-11H2,1H3. The van der Waals surface area contributed by atoms with Gasteiger partial charge in [0, 0.05) is 0 Å². The Balaban J connectivity index is 1.48. The van der Waals surface area contributed by atoms with Crippen LogP contribution in [0.4, 0.5) is 8.78 Å². The summed E-state index contributed by atoms with van der Waals surface area (Å²) < 4.78 is 29.5. The topological polar surface area (TPSA) is 9.23 Å². The average Bonchev–Trinajstić information content (AvgIpc) is 2.53. The van der Waals surface area contributed by atoms with Crippen molar-refractivity contribution in [2.75, 3.05) is 0 Å². The molecule has 3 aliphatic rings. The van der Waals surface area contributed by atoms with E-state index < -0.39 is 6.08 Å². The highest BCUT2D eigenvalue weighted by Crippen LogP contribution is 2.48. The van der Waals surface area contributed by atoms with Gasteiger partial charge in [-0.15, -0.1) is 0 Å². The van der Waals surface area contributed by atoms with Crippen LogP contribution in [0.25, 0.3) is 0 Å². The van der Waals surface area contributed by atoms with E-state index in [2.05, 4.69) is 6.92 Å². The van der Waals surface area contributed by atoms with Crippen LogP contribution < -0.4 is 0 Å². The maximum absolute atomic E-state index is 12.1. The lowest BCUT2D eigenvalue weighted by molar-refractivity contribution is 0.00926. The van der Waals surface area contributed by atoms with Crippen molar-refractivity contribution in [2.45, 2.75) is 77.2 Å². The van der Waals surface area contributed by atoms with Crippen LogP contribution in [0.5, 0.6) is 0 Å². The van der Waals surface area contributed by atoms with Crippen molar-refractivity contribution in [3.63, 3.8) is 0 Å². The van der Waals surface area contributed by atoms with E-state index in [0.29, 0.717) is 12.2 Å². The molecule has 0 spiro atoms. The lowest BCUT2D eigenvalue weighted by Crippen LogP contribution is -2.36. The zero-order valence-electron chi connectivity index (χ0n) is 13.8. The second-order valence-corrected chi connectivity index (χ2v) is 8.09. The maximum Gasteiger partial charge on any atom is 0.304 e. The minimum Gasteiger partial charge on any atom is -0.492 e. The molecule has 1 nitrogen and oxygen atoms in total. The molecular weight excluding hydrogens is 282 g/mol. The zero-order valence-corrected chi connectivity index (χ0v) is 13.8. The molecule has 0 heterocycles. The fraction of sp³-hybridized carbons (Fsp3) is 0.895. The number of halogens is 2. The molecule has 3 heteroatoms. The summed E-state index contributed by atoms with van der Waals surface area (Å²) in [6.45, 7) is 2.39. The molecule has 3 fully saturated rings. The molecule has 0 N–H and O–H groups in total. The summed E-state index contributed by atoms with van der Waals surface area (Å²) in [5, 5.41) is 0. The summed E-state index contributed by atoms with van der Waals surface area (Å²) in [6, 6.07) is 0. The molecule has 3 saturated carbocycles. The van der Waals surface area contributed by atoms with Crippen molar-refractivity contribution in [2.24, 2.45) is 29.6 Å². The van der Waals surface area contributed by atoms with E-state index in [1.165, 1.54) is 51.4 Å². The summed E-state index contributed by atoms with van der Waals surface area (Å²) in [5.74, 6) is 4.39. The fourth-order valence-corrected chi connectivity index (χ4v) is 5.34. The first kappa shape index (κ1) is 16.3. The van der Waals surface area contributed by atoms with E-state index in [1.54, 1.807) is 0 Å². The molecule has 126 valence electrons. The highest BCUT2D eigenvalue weighted by molar-refractivity contribution is 4.90. The molecule has 0 aromatic heterocycles. The molecular formula is C19H30F2O. The Morgan fingerprint density at radius 2 is 1.32 bits per heavy atom. The first-order chi connectivity index (χ1) is 10.6. The Bertz CT molecular complexity index is 383. The van der Waals surface area contributed by atoms with Gasteiger partial charge in [0.05, 0.1) is 6.10 Å². The van der Waals surface area contributed by atoms with Crippen LogP contribution in [0.15, 0.2) is 12.3 Å². The third-order valence-electron chi connectivity index (χ3n) is 6.68. The van der Waals surface area contributed by atoms with Crippen molar-refractivity contribution in [1.82, 2.24) is 0 Å². The van der Waals surface area contributed by atoms with Gasteiger partial charge < -0.3 is 4.74 Å². The molecule has 4 unspecified atom stereocenters. The molecule has 0 bridgehead atoms. The Kier molecular flexibility index (Phi) is 5.41. The van der Waals surface area contributed by atoms with Gasteiger partial charge in [-0.05, 0) is 81.0 Å². The van der Waals surface area contributed by atoms with Gasteiger partial charge in [0.1, 0.15) is 6.26 Å². The van der Waals surface area contributed by atoms with E-state index >= 15 is 0 Å². The molecule has 0 amide bonds. The summed E-state index contributed by atoms with van der Waals surface area (Å²) in [4.78, 5) is 0. The lowest BCUT2D eigenvalue weighted by atomic mass is 9.62. The number of ether oxygens (including phenoxy) is 1. The molecule has 3 aliphatic carbocycles. The van der Waals surface area contributed by atoms with Crippen molar-refractivity contribution in [3.8, 4) is 0 Å². The average molecular weight is 312 g/mol. The van der Waals surface area contributed by atoms with E-state index in [4.69, 9.17) is 4.74 Å². The van der Waals surface area contributed by atoms with Gasteiger partial charge >= 0.3 is 6.08 Å². The summed E-state index contributed by atoms with van der Waals surface area (Å²) in [6.07, 6.45) is 11.9. The molecule has 22 heavy (non-hydrogen) atoms. The van der Waals surface area contributed by atoms with Crippen LogP contribution in [-0.4, -0.2) is 6.10 Å². The third-order valence-corrected chi connectivity index (χ3v) is 6.68. The van der Waals surface area contributed by atoms with E-state index in [-0.39, 0.29) is 6.10 Å². The van der Waals surface area contributed by atoms with Crippen molar-refractivity contribution < 1.29 is 13.5 Å². The Hall–Kier alpha value is -0.600. The Morgan fingerprint density at radius 3 is 2.00 bits per heavy atom. The normalized spacial score (nSPS) is 42.3. The van der Waals surface area contributed by atoms with E-state index in [9.17, 15) is 8.78 Å². The van der Waals surface area contributed by atoms with Crippen molar-refractivity contribution in [3.05, 3.63) is 12.3 Å². The molecule has 0 aromatic carbocycles. The lowest BCUT2D eigenvalue weighted by Gasteiger charge is -2.45. The molecule has 0 saturated heterocycles. The summed E-state index contributed by atoms with van der Waals surface area (Å²) >= 11 is 0. The Morgan fingerprint density at radius 1 is 0.773 bits per heavy atom. The predicted molar refractivity (Wildman–Crippen MR) is 84.5 cm³/mol. The maximum atomic E-state index is 12.1. The molecule has 0 aliphatic heterocycles. The van der Waals surface area contributed by atoms with Gasteiger partial charge in [0.15, 0.2) is 0 Å². The number of fused-ring (bicyclic) bond motifs is 1. The minimum absolute atomic E-state index is 0.0230. The number of rotatable bonds is 3. The summed E-state index contributed by atoms with van der Waals surface area (Å²) in [5.41, 5.74) is 0. The van der Waals surface area contributed by atoms with Gasteiger partial charge in [-0.2, -0.15) is 8.78 Å². The fourth-order valence-electron chi connectivity index (χ4n) is 5.34. The monoisotopic (exact) mass is 312 g/mol. The van der Waals surface area contributed by atoms with E-state index in [0.717, 1.165) is 36.5 Å². The van der Waals surface area contributed by atoms with Crippen LogP contribution in [-0.2, 0) is 4.74 Å². The number of hydrogen-bond donors (Lipinski definition) is 0. The number of hydrogen-bond acceptors (Lipinski definition) is 1. The second-order valence-electron chi connectivity index (χ2n) is 8.09. The van der Waals surface area contributed by atoms with Crippen LogP contribution in [0, 0.1) is 29.6 Å². The quantitative estimate of drug-likeness (QED) is 0.568. The highest BCUT2D eigenvalue weighted by Gasteiger charge is 2.38. The van der Waals surface area contributed by atoms with Crippen LogP contribution in [0.2, 0.25) is 0 Å². The van der Waals surface area contributed by atoms with Crippen LogP contribution in [0.1, 0.15) is 71.1 Å². The smallest absolute Gasteiger partial charge is 0.304 e. The molecule has 0 aromatic rings. The minimum atomic E-state index is -1.71.